The molecule has 102 valence electrons. The average Bonchev–Trinajstić information content (AvgIpc) is 2.56. The number of piperazine rings is 1. The molecule has 0 unspecified atom stereocenters. The Bertz CT molecular complexity index is 335. The van der Waals surface area contributed by atoms with Gasteiger partial charge in [-0.3, -0.25) is 4.90 Å². The van der Waals surface area contributed by atoms with Crippen LogP contribution in [0.25, 0.3) is 0 Å². The van der Waals surface area contributed by atoms with Crippen LogP contribution in [0.15, 0.2) is 12.7 Å². The van der Waals surface area contributed by atoms with E-state index >= 15 is 0 Å². The molecule has 4 nitrogen and oxygen atoms in total. The van der Waals surface area contributed by atoms with Crippen LogP contribution >= 0.6 is 0 Å². The lowest BCUT2D eigenvalue weighted by Crippen LogP contribution is -2.60. The van der Waals surface area contributed by atoms with Crippen LogP contribution in [0.5, 0.6) is 0 Å². The van der Waals surface area contributed by atoms with Crippen molar-refractivity contribution in [3.05, 3.63) is 12.7 Å². The van der Waals surface area contributed by atoms with E-state index < -0.39 is 5.60 Å². The molecule has 2 aliphatic heterocycles. The molecule has 2 rings (SSSR count). The second-order valence-electron chi connectivity index (χ2n) is 6.23. The molecular weight excluding hydrogens is 228 g/mol. The maximum Gasteiger partial charge on any atom is 0.410 e. The first-order valence-corrected chi connectivity index (χ1v) is 6.78. The minimum Gasteiger partial charge on any atom is -0.444 e. The summed E-state index contributed by atoms with van der Waals surface area (Å²) in [5, 5.41) is 3.51. The number of rotatable bonds is 2. The molecule has 0 saturated carbocycles. The first-order chi connectivity index (χ1) is 8.42. The number of nitrogens with zero attached hydrogens (tertiary/aromatic N) is 1. The lowest BCUT2D eigenvalue weighted by molar-refractivity contribution is 0.00438. The fourth-order valence-electron chi connectivity index (χ4n) is 2.95. The van der Waals surface area contributed by atoms with Crippen LogP contribution in [0.4, 0.5) is 4.79 Å². The minimum atomic E-state index is -0.421. The average molecular weight is 252 g/mol. The third-order valence-corrected chi connectivity index (χ3v) is 3.65. The molecule has 0 radical (unpaired) electrons. The van der Waals surface area contributed by atoms with Crippen molar-refractivity contribution in [2.75, 3.05) is 6.54 Å². The van der Waals surface area contributed by atoms with E-state index in [1.807, 2.05) is 31.7 Å². The first kappa shape index (κ1) is 13.4. The van der Waals surface area contributed by atoms with Gasteiger partial charge in [0.25, 0.3) is 0 Å². The van der Waals surface area contributed by atoms with Crippen molar-refractivity contribution in [1.82, 2.24) is 10.2 Å². The number of amides is 1. The maximum atomic E-state index is 12.3. The van der Waals surface area contributed by atoms with E-state index in [1.165, 1.54) is 0 Å². The van der Waals surface area contributed by atoms with Crippen molar-refractivity contribution in [2.45, 2.75) is 63.8 Å². The van der Waals surface area contributed by atoms with Gasteiger partial charge in [0.2, 0.25) is 0 Å². The molecule has 3 atom stereocenters. The van der Waals surface area contributed by atoms with Gasteiger partial charge >= 0.3 is 6.09 Å². The molecule has 1 N–H and O–H groups in total. The van der Waals surface area contributed by atoms with Crippen molar-refractivity contribution < 1.29 is 9.53 Å². The second-order valence-corrected chi connectivity index (χ2v) is 6.23. The number of carbonyl (C=O) groups excluding carboxylic acids is 1. The highest BCUT2D eigenvalue weighted by atomic mass is 16.6. The Kier molecular flexibility index (Phi) is 3.66. The molecule has 2 bridgehead atoms. The number of carbonyl (C=O) groups is 1. The van der Waals surface area contributed by atoms with Gasteiger partial charge in [0.15, 0.2) is 0 Å². The summed E-state index contributed by atoms with van der Waals surface area (Å²) in [7, 11) is 0. The Labute approximate surface area is 109 Å². The van der Waals surface area contributed by atoms with Gasteiger partial charge in [-0.25, -0.2) is 4.79 Å². The second kappa shape index (κ2) is 4.92. The molecule has 4 heteroatoms. The summed E-state index contributed by atoms with van der Waals surface area (Å²) >= 11 is 0. The standard InChI is InChI=1S/C14H24N2O2/c1-5-6-11-12-8-7-10(9-15-11)16(12)13(17)18-14(2,3)4/h5,10-12,15H,1,6-9H2,2-4H3/t10-,11-,12+/m1/s1. The van der Waals surface area contributed by atoms with E-state index in [1.54, 1.807) is 0 Å². The largest absolute Gasteiger partial charge is 0.444 e. The van der Waals surface area contributed by atoms with Crippen molar-refractivity contribution in [1.29, 1.82) is 0 Å². The smallest absolute Gasteiger partial charge is 0.410 e. The zero-order chi connectivity index (χ0) is 13.3. The number of ether oxygens (including phenoxy) is 1. The van der Waals surface area contributed by atoms with Gasteiger partial charge in [0.1, 0.15) is 5.60 Å². The minimum absolute atomic E-state index is 0.162. The van der Waals surface area contributed by atoms with Gasteiger partial charge in [0.05, 0.1) is 6.04 Å². The molecular formula is C14H24N2O2. The van der Waals surface area contributed by atoms with Gasteiger partial charge < -0.3 is 10.1 Å². The van der Waals surface area contributed by atoms with Crippen LogP contribution in [-0.4, -0.2) is 41.3 Å². The monoisotopic (exact) mass is 252 g/mol. The van der Waals surface area contributed by atoms with E-state index in [4.69, 9.17) is 4.74 Å². The molecule has 0 aliphatic carbocycles. The molecule has 0 spiro atoms. The number of nitrogens with one attached hydrogen (secondary N) is 1. The highest BCUT2D eigenvalue weighted by Gasteiger charge is 2.45. The van der Waals surface area contributed by atoms with E-state index in [9.17, 15) is 4.79 Å². The lowest BCUT2D eigenvalue weighted by Gasteiger charge is -2.41. The summed E-state index contributed by atoms with van der Waals surface area (Å²) in [4.78, 5) is 14.2. The van der Waals surface area contributed by atoms with Gasteiger partial charge in [-0.1, -0.05) is 6.08 Å². The Morgan fingerprint density at radius 2 is 2.22 bits per heavy atom. The third kappa shape index (κ3) is 2.69. The third-order valence-electron chi connectivity index (χ3n) is 3.65. The normalized spacial score (nSPS) is 31.3. The predicted molar refractivity (Wildman–Crippen MR) is 71.5 cm³/mol. The topological polar surface area (TPSA) is 41.6 Å². The van der Waals surface area contributed by atoms with Gasteiger partial charge in [-0.2, -0.15) is 0 Å². The zero-order valence-electron chi connectivity index (χ0n) is 11.6. The maximum absolute atomic E-state index is 12.3. The Morgan fingerprint density at radius 3 is 2.83 bits per heavy atom. The Balaban J connectivity index is 2.08. The highest BCUT2D eigenvalue weighted by Crippen LogP contribution is 2.32. The van der Waals surface area contributed by atoms with Crippen molar-refractivity contribution >= 4 is 6.09 Å². The van der Waals surface area contributed by atoms with Crippen LogP contribution in [0.2, 0.25) is 0 Å². The molecule has 2 saturated heterocycles. The van der Waals surface area contributed by atoms with E-state index in [0.29, 0.717) is 12.1 Å². The van der Waals surface area contributed by atoms with E-state index in [-0.39, 0.29) is 12.1 Å². The Morgan fingerprint density at radius 1 is 1.50 bits per heavy atom. The fraction of sp³-hybridized carbons (Fsp3) is 0.786. The molecule has 0 aromatic heterocycles. The summed E-state index contributed by atoms with van der Waals surface area (Å²) in [6, 6.07) is 0.885. The summed E-state index contributed by atoms with van der Waals surface area (Å²) < 4.78 is 5.52. The van der Waals surface area contributed by atoms with Crippen LogP contribution in [0.1, 0.15) is 40.0 Å². The number of hydrogen-bond acceptors (Lipinski definition) is 3. The summed E-state index contributed by atoms with van der Waals surface area (Å²) in [5.41, 5.74) is -0.421. The van der Waals surface area contributed by atoms with Gasteiger partial charge in [0, 0.05) is 18.6 Å². The first-order valence-electron chi connectivity index (χ1n) is 6.78. The summed E-state index contributed by atoms with van der Waals surface area (Å²) in [5.74, 6) is 0. The lowest BCUT2D eigenvalue weighted by atomic mass is 10.0. The van der Waals surface area contributed by atoms with E-state index in [2.05, 4.69) is 11.9 Å². The quantitative estimate of drug-likeness (QED) is 0.767. The summed E-state index contributed by atoms with van der Waals surface area (Å²) in [6.45, 7) is 10.4. The zero-order valence-corrected chi connectivity index (χ0v) is 11.6. The molecule has 0 aromatic rings. The summed E-state index contributed by atoms with van der Waals surface area (Å²) in [6.07, 6.45) is 4.80. The molecule has 2 fully saturated rings. The predicted octanol–water partition coefficient (Wildman–Crippen LogP) is 2.30. The molecule has 1 amide bonds. The van der Waals surface area contributed by atoms with Gasteiger partial charge in [-0.05, 0) is 40.0 Å². The van der Waals surface area contributed by atoms with Crippen LogP contribution in [0.3, 0.4) is 0 Å². The fourth-order valence-corrected chi connectivity index (χ4v) is 2.95. The number of hydrogen-bond donors (Lipinski definition) is 1. The van der Waals surface area contributed by atoms with Crippen molar-refractivity contribution in [3.8, 4) is 0 Å². The Hall–Kier alpha value is -1.03. The molecule has 2 aliphatic rings. The van der Waals surface area contributed by atoms with Crippen molar-refractivity contribution in [2.24, 2.45) is 0 Å². The van der Waals surface area contributed by atoms with Crippen molar-refractivity contribution in [3.63, 3.8) is 0 Å². The molecule has 18 heavy (non-hydrogen) atoms. The SMILES string of the molecule is C=CC[C@H]1NC[C@H]2CC[C@@H]1N2C(=O)OC(C)(C)C. The molecule has 0 aromatic carbocycles. The van der Waals surface area contributed by atoms with E-state index in [0.717, 1.165) is 25.8 Å². The number of fused-ring (bicyclic) bond motifs is 2. The van der Waals surface area contributed by atoms with Crippen LogP contribution in [-0.2, 0) is 4.74 Å². The molecule has 2 heterocycles. The van der Waals surface area contributed by atoms with Crippen LogP contribution < -0.4 is 5.32 Å². The van der Waals surface area contributed by atoms with Gasteiger partial charge in [-0.15, -0.1) is 6.58 Å². The van der Waals surface area contributed by atoms with Crippen LogP contribution in [0, 0.1) is 0 Å². The highest BCUT2D eigenvalue weighted by molar-refractivity contribution is 5.70.